The molecule has 3 aromatic rings. The summed E-state index contributed by atoms with van der Waals surface area (Å²) >= 11 is 0. The second-order valence-electron chi connectivity index (χ2n) is 7.59. The summed E-state index contributed by atoms with van der Waals surface area (Å²) in [6.45, 7) is 8.67. The number of carbonyl (C=O) groups is 1. The van der Waals surface area contributed by atoms with Crippen LogP contribution < -0.4 is 4.74 Å². The van der Waals surface area contributed by atoms with Crippen molar-refractivity contribution in [2.45, 2.75) is 20.0 Å². The SMILES string of the molecule is Cc1[nH]c2ccc(OCCN3CCOCC3)cc2c1C(=O)OC(C)c1ccccc1.Cl. The van der Waals surface area contributed by atoms with Crippen molar-refractivity contribution in [3.63, 3.8) is 0 Å². The quantitative estimate of drug-likeness (QED) is 0.542. The van der Waals surface area contributed by atoms with Crippen molar-refractivity contribution in [1.82, 2.24) is 9.88 Å². The van der Waals surface area contributed by atoms with Crippen LogP contribution >= 0.6 is 12.4 Å². The number of hydrogen-bond donors (Lipinski definition) is 1. The smallest absolute Gasteiger partial charge is 0.341 e. The number of esters is 1. The number of aromatic amines is 1. The number of rotatable bonds is 7. The predicted molar refractivity (Wildman–Crippen MR) is 123 cm³/mol. The highest BCUT2D eigenvalue weighted by Gasteiger charge is 2.21. The number of nitrogens with one attached hydrogen (secondary N) is 1. The molecular weight excluding hydrogens is 416 g/mol. The number of aryl methyl sites for hydroxylation is 1. The first kappa shape index (κ1) is 23.1. The molecule has 7 heteroatoms. The zero-order chi connectivity index (χ0) is 20.9. The highest BCUT2D eigenvalue weighted by Crippen LogP contribution is 2.29. The van der Waals surface area contributed by atoms with Gasteiger partial charge < -0.3 is 19.2 Å². The minimum Gasteiger partial charge on any atom is -0.492 e. The van der Waals surface area contributed by atoms with Crippen LogP contribution in [-0.4, -0.2) is 55.3 Å². The third-order valence-corrected chi connectivity index (χ3v) is 5.49. The number of nitrogens with zero attached hydrogens (tertiary/aromatic N) is 1. The van der Waals surface area contributed by atoms with Gasteiger partial charge >= 0.3 is 5.97 Å². The van der Waals surface area contributed by atoms with Crippen LogP contribution in [-0.2, 0) is 9.47 Å². The molecule has 0 saturated carbocycles. The van der Waals surface area contributed by atoms with E-state index in [1.165, 1.54) is 0 Å². The topological polar surface area (TPSA) is 63.8 Å². The summed E-state index contributed by atoms with van der Waals surface area (Å²) in [6.07, 6.45) is -0.323. The van der Waals surface area contributed by atoms with Crippen LogP contribution in [0.1, 0.15) is 34.6 Å². The van der Waals surface area contributed by atoms with Crippen molar-refractivity contribution in [3.8, 4) is 5.75 Å². The third-order valence-electron chi connectivity index (χ3n) is 5.49. The maximum atomic E-state index is 13.0. The number of aromatic nitrogens is 1. The molecule has 0 radical (unpaired) electrons. The summed E-state index contributed by atoms with van der Waals surface area (Å²) < 4.78 is 17.1. The molecule has 0 bridgehead atoms. The molecule has 1 N–H and O–H groups in total. The van der Waals surface area contributed by atoms with Gasteiger partial charge in [0, 0.05) is 36.2 Å². The van der Waals surface area contributed by atoms with E-state index in [9.17, 15) is 4.79 Å². The lowest BCUT2D eigenvalue weighted by molar-refractivity contribution is 0.0322. The molecule has 0 spiro atoms. The fraction of sp³-hybridized carbons (Fsp3) is 0.375. The van der Waals surface area contributed by atoms with Crippen molar-refractivity contribution in [2.75, 3.05) is 39.5 Å². The molecule has 2 aromatic carbocycles. The predicted octanol–water partition coefficient (Wildman–Crippen LogP) is 4.53. The average molecular weight is 445 g/mol. The standard InChI is InChI=1S/C24H28N2O4.ClH/c1-17-23(24(27)30-18(2)19-6-4-3-5-7-19)21-16-20(8-9-22(21)25-17)29-15-12-26-10-13-28-14-11-26;/h3-9,16,18,25H,10-15H2,1-2H3;1H. The van der Waals surface area contributed by atoms with E-state index in [1.54, 1.807) is 0 Å². The molecular formula is C24H29ClN2O4. The first-order chi connectivity index (χ1) is 14.6. The van der Waals surface area contributed by atoms with Crippen LogP contribution in [0.5, 0.6) is 5.75 Å². The molecule has 0 amide bonds. The first-order valence-electron chi connectivity index (χ1n) is 10.4. The first-order valence-corrected chi connectivity index (χ1v) is 10.4. The van der Waals surface area contributed by atoms with Gasteiger partial charge in [0.1, 0.15) is 18.5 Å². The maximum absolute atomic E-state index is 13.0. The van der Waals surface area contributed by atoms with E-state index in [0.717, 1.165) is 60.8 Å². The summed E-state index contributed by atoms with van der Waals surface area (Å²) in [7, 11) is 0. The van der Waals surface area contributed by atoms with Crippen LogP contribution in [0.15, 0.2) is 48.5 Å². The molecule has 31 heavy (non-hydrogen) atoms. The normalized spacial score (nSPS) is 15.3. The summed E-state index contributed by atoms with van der Waals surface area (Å²) in [5, 5.41) is 0.821. The van der Waals surface area contributed by atoms with Gasteiger partial charge in [-0.05, 0) is 37.6 Å². The zero-order valence-electron chi connectivity index (χ0n) is 17.9. The van der Waals surface area contributed by atoms with Crippen LogP contribution in [0.2, 0.25) is 0 Å². The Morgan fingerprint density at radius 1 is 1.16 bits per heavy atom. The Bertz CT molecular complexity index is 999. The van der Waals surface area contributed by atoms with Gasteiger partial charge in [-0.2, -0.15) is 0 Å². The Balaban J connectivity index is 0.00000272. The van der Waals surface area contributed by atoms with Gasteiger partial charge in [0.15, 0.2) is 0 Å². The van der Waals surface area contributed by atoms with E-state index in [2.05, 4.69) is 9.88 Å². The Morgan fingerprint density at radius 3 is 2.65 bits per heavy atom. The molecule has 1 atom stereocenters. The Hall–Kier alpha value is -2.54. The number of morpholine rings is 1. The number of H-pyrrole nitrogens is 1. The number of carbonyl (C=O) groups excluding carboxylic acids is 1. The molecule has 1 saturated heterocycles. The number of halogens is 1. The van der Waals surface area contributed by atoms with Gasteiger partial charge in [0.2, 0.25) is 0 Å². The molecule has 1 aliphatic rings. The fourth-order valence-electron chi connectivity index (χ4n) is 3.79. The Kier molecular flexibility index (Phi) is 7.96. The molecule has 6 nitrogen and oxygen atoms in total. The monoisotopic (exact) mass is 444 g/mol. The molecule has 1 aromatic heterocycles. The third kappa shape index (κ3) is 5.58. The molecule has 1 aliphatic heterocycles. The van der Waals surface area contributed by atoms with Crippen molar-refractivity contribution in [2.24, 2.45) is 0 Å². The number of hydrogen-bond acceptors (Lipinski definition) is 5. The molecule has 0 aliphatic carbocycles. The summed E-state index contributed by atoms with van der Waals surface area (Å²) in [6, 6.07) is 15.5. The zero-order valence-corrected chi connectivity index (χ0v) is 18.7. The molecule has 1 unspecified atom stereocenters. The van der Waals surface area contributed by atoms with Crippen LogP contribution in [0, 0.1) is 6.92 Å². The molecule has 166 valence electrons. The van der Waals surface area contributed by atoms with Gasteiger partial charge in [-0.1, -0.05) is 30.3 Å². The van der Waals surface area contributed by atoms with Gasteiger partial charge in [0.25, 0.3) is 0 Å². The van der Waals surface area contributed by atoms with Gasteiger partial charge in [-0.25, -0.2) is 4.79 Å². The van der Waals surface area contributed by atoms with Gasteiger partial charge in [-0.3, -0.25) is 4.90 Å². The summed E-state index contributed by atoms with van der Waals surface area (Å²) in [5.74, 6) is 0.417. The van der Waals surface area contributed by atoms with E-state index < -0.39 is 0 Å². The summed E-state index contributed by atoms with van der Waals surface area (Å²) in [5.41, 5.74) is 3.22. The Morgan fingerprint density at radius 2 is 1.90 bits per heavy atom. The van der Waals surface area contributed by atoms with Crippen molar-refractivity contribution in [1.29, 1.82) is 0 Å². The largest absolute Gasteiger partial charge is 0.492 e. The lowest BCUT2D eigenvalue weighted by Gasteiger charge is -2.26. The lowest BCUT2D eigenvalue weighted by Crippen LogP contribution is -2.38. The van der Waals surface area contributed by atoms with E-state index >= 15 is 0 Å². The van der Waals surface area contributed by atoms with Crippen LogP contribution in [0.3, 0.4) is 0 Å². The molecule has 1 fully saturated rings. The van der Waals surface area contributed by atoms with E-state index in [-0.39, 0.29) is 24.5 Å². The van der Waals surface area contributed by atoms with E-state index in [1.807, 2.05) is 62.4 Å². The van der Waals surface area contributed by atoms with E-state index in [4.69, 9.17) is 14.2 Å². The molecule has 2 heterocycles. The van der Waals surface area contributed by atoms with Gasteiger partial charge in [-0.15, -0.1) is 12.4 Å². The van der Waals surface area contributed by atoms with Crippen molar-refractivity contribution in [3.05, 3.63) is 65.4 Å². The van der Waals surface area contributed by atoms with Crippen molar-refractivity contribution < 1.29 is 19.0 Å². The molecule has 4 rings (SSSR count). The fourth-order valence-corrected chi connectivity index (χ4v) is 3.79. The van der Waals surface area contributed by atoms with Crippen LogP contribution in [0.4, 0.5) is 0 Å². The van der Waals surface area contributed by atoms with Crippen molar-refractivity contribution >= 4 is 29.3 Å². The lowest BCUT2D eigenvalue weighted by atomic mass is 10.1. The maximum Gasteiger partial charge on any atom is 0.341 e. The van der Waals surface area contributed by atoms with Gasteiger partial charge in [0.05, 0.1) is 18.8 Å². The Labute approximate surface area is 188 Å². The minimum atomic E-state index is -0.333. The second kappa shape index (κ2) is 10.7. The number of ether oxygens (including phenoxy) is 3. The highest BCUT2D eigenvalue weighted by atomic mass is 35.5. The number of benzene rings is 2. The van der Waals surface area contributed by atoms with Crippen LogP contribution in [0.25, 0.3) is 10.9 Å². The highest BCUT2D eigenvalue weighted by molar-refractivity contribution is 6.06. The number of fused-ring (bicyclic) bond motifs is 1. The van der Waals surface area contributed by atoms with E-state index in [0.29, 0.717) is 12.2 Å². The average Bonchev–Trinajstić information content (AvgIpc) is 3.10. The second-order valence-corrected chi connectivity index (χ2v) is 7.59. The summed E-state index contributed by atoms with van der Waals surface area (Å²) in [4.78, 5) is 18.6. The minimum absolute atomic E-state index is 0.